The van der Waals surface area contributed by atoms with Crippen LogP contribution in [0.2, 0.25) is 0 Å². The van der Waals surface area contributed by atoms with Gasteiger partial charge in [-0.05, 0) is 25.1 Å². The Morgan fingerprint density at radius 1 is 1.44 bits per heavy atom. The van der Waals surface area contributed by atoms with Crippen LogP contribution in [0.5, 0.6) is 0 Å². The van der Waals surface area contributed by atoms with Gasteiger partial charge in [0.1, 0.15) is 4.90 Å². The number of nitrogens with two attached hydrogens (primary N) is 2. The molecule has 0 radical (unpaired) electrons. The normalized spacial score (nSPS) is 15.1. The average Bonchev–Trinajstić information content (AvgIpc) is 2.25. The molecule has 0 fully saturated rings. The molecule has 102 valence electrons. The fourth-order valence-electron chi connectivity index (χ4n) is 1.29. The minimum Gasteiger partial charge on any atom is -0.399 e. The molecule has 2 atom stereocenters. The second-order valence-electron chi connectivity index (χ2n) is 3.99. The topological polar surface area (TPSA) is 115 Å². The van der Waals surface area contributed by atoms with E-state index < -0.39 is 20.8 Å². The van der Waals surface area contributed by atoms with Crippen molar-refractivity contribution in [3.05, 3.63) is 18.2 Å². The first-order chi connectivity index (χ1) is 8.21. The third-order valence-electron chi connectivity index (χ3n) is 2.46. The van der Waals surface area contributed by atoms with Crippen LogP contribution in [0.15, 0.2) is 23.1 Å². The van der Waals surface area contributed by atoms with Gasteiger partial charge >= 0.3 is 0 Å². The van der Waals surface area contributed by atoms with Crippen molar-refractivity contribution in [2.75, 3.05) is 23.9 Å². The molecule has 0 saturated heterocycles. The third kappa shape index (κ3) is 3.97. The molecule has 0 spiro atoms. The molecule has 1 rings (SSSR count). The SMILES string of the molecule is CC(CNc1ccc(N)cc1S(N)(=O)=O)S(C)=O. The summed E-state index contributed by atoms with van der Waals surface area (Å²) in [6.07, 6.45) is 1.59. The predicted molar refractivity (Wildman–Crippen MR) is 74.2 cm³/mol. The Balaban J connectivity index is 3.00. The van der Waals surface area contributed by atoms with E-state index >= 15 is 0 Å². The molecule has 0 aliphatic carbocycles. The van der Waals surface area contributed by atoms with Crippen molar-refractivity contribution in [3.63, 3.8) is 0 Å². The van der Waals surface area contributed by atoms with Crippen LogP contribution in [0.25, 0.3) is 0 Å². The zero-order valence-electron chi connectivity index (χ0n) is 10.2. The van der Waals surface area contributed by atoms with Crippen LogP contribution in [0.1, 0.15) is 6.92 Å². The smallest absolute Gasteiger partial charge is 0.240 e. The lowest BCUT2D eigenvalue weighted by atomic mass is 10.3. The maximum atomic E-state index is 11.4. The van der Waals surface area contributed by atoms with Crippen LogP contribution in [0.4, 0.5) is 11.4 Å². The van der Waals surface area contributed by atoms with E-state index in [1.54, 1.807) is 25.3 Å². The summed E-state index contributed by atoms with van der Waals surface area (Å²) < 4.78 is 34.0. The summed E-state index contributed by atoms with van der Waals surface area (Å²) in [5, 5.41) is 7.93. The Morgan fingerprint density at radius 2 is 2.06 bits per heavy atom. The summed E-state index contributed by atoms with van der Waals surface area (Å²) >= 11 is 0. The number of anilines is 2. The minimum absolute atomic E-state index is 0.0587. The van der Waals surface area contributed by atoms with Crippen molar-refractivity contribution < 1.29 is 12.6 Å². The highest BCUT2D eigenvalue weighted by molar-refractivity contribution is 7.89. The average molecular weight is 291 g/mol. The van der Waals surface area contributed by atoms with E-state index in [2.05, 4.69) is 5.32 Å². The summed E-state index contributed by atoms with van der Waals surface area (Å²) in [7, 11) is -4.83. The summed E-state index contributed by atoms with van der Waals surface area (Å²) in [5.41, 5.74) is 6.21. The van der Waals surface area contributed by atoms with E-state index in [4.69, 9.17) is 10.9 Å². The molecule has 5 N–H and O–H groups in total. The maximum Gasteiger partial charge on any atom is 0.240 e. The molecule has 0 saturated carbocycles. The number of benzene rings is 1. The van der Waals surface area contributed by atoms with Gasteiger partial charge in [0.05, 0.1) is 5.69 Å². The molecule has 1 aromatic rings. The van der Waals surface area contributed by atoms with Gasteiger partial charge in [0.2, 0.25) is 10.0 Å². The van der Waals surface area contributed by atoms with Gasteiger partial charge in [0.25, 0.3) is 0 Å². The monoisotopic (exact) mass is 291 g/mol. The molecule has 6 nitrogen and oxygen atoms in total. The lowest BCUT2D eigenvalue weighted by Crippen LogP contribution is -2.22. The Hall–Kier alpha value is -1.12. The Kier molecular flexibility index (Phi) is 4.71. The molecule has 0 aromatic heterocycles. The second-order valence-corrected chi connectivity index (χ2v) is 7.32. The molecule has 0 amide bonds. The fraction of sp³-hybridized carbons (Fsp3) is 0.400. The predicted octanol–water partition coefficient (Wildman–Crippen LogP) is 0.0951. The molecule has 0 aliphatic heterocycles. The number of rotatable bonds is 5. The molecular formula is C10H17N3O3S2. The van der Waals surface area contributed by atoms with Gasteiger partial charge < -0.3 is 11.1 Å². The van der Waals surface area contributed by atoms with Gasteiger partial charge in [-0.25, -0.2) is 13.6 Å². The van der Waals surface area contributed by atoms with Crippen LogP contribution < -0.4 is 16.2 Å². The van der Waals surface area contributed by atoms with E-state index in [0.717, 1.165) is 0 Å². The first-order valence-corrected chi connectivity index (χ1v) is 8.37. The van der Waals surface area contributed by atoms with Gasteiger partial charge in [-0.2, -0.15) is 0 Å². The molecule has 0 aliphatic rings. The van der Waals surface area contributed by atoms with Gasteiger partial charge in [-0.15, -0.1) is 0 Å². The largest absolute Gasteiger partial charge is 0.399 e. The Labute approximate surface area is 109 Å². The maximum absolute atomic E-state index is 11.4. The van der Waals surface area contributed by atoms with Crippen molar-refractivity contribution in [2.24, 2.45) is 5.14 Å². The molecule has 0 bridgehead atoms. The van der Waals surface area contributed by atoms with Gasteiger partial charge in [0, 0.05) is 34.5 Å². The number of nitrogens with one attached hydrogen (secondary N) is 1. The third-order valence-corrected chi connectivity index (χ3v) is 4.71. The Morgan fingerprint density at radius 3 is 2.56 bits per heavy atom. The van der Waals surface area contributed by atoms with Crippen LogP contribution in [-0.4, -0.2) is 30.7 Å². The fourth-order valence-corrected chi connectivity index (χ4v) is 2.36. The van der Waals surface area contributed by atoms with E-state index in [0.29, 0.717) is 17.9 Å². The van der Waals surface area contributed by atoms with Crippen LogP contribution in [-0.2, 0) is 20.8 Å². The summed E-state index contributed by atoms with van der Waals surface area (Å²) in [6, 6.07) is 4.41. The van der Waals surface area contributed by atoms with Crippen molar-refractivity contribution >= 4 is 32.2 Å². The molecular weight excluding hydrogens is 274 g/mol. The number of hydrogen-bond acceptors (Lipinski definition) is 5. The lowest BCUT2D eigenvalue weighted by Gasteiger charge is -2.14. The van der Waals surface area contributed by atoms with Crippen LogP contribution in [0.3, 0.4) is 0 Å². The van der Waals surface area contributed by atoms with E-state index in [9.17, 15) is 12.6 Å². The van der Waals surface area contributed by atoms with Crippen molar-refractivity contribution in [2.45, 2.75) is 17.1 Å². The first-order valence-electron chi connectivity index (χ1n) is 5.20. The number of hydrogen-bond donors (Lipinski definition) is 3. The number of sulfonamides is 1. The van der Waals surface area contributed by atoms with E-state index in [1.807, 2.05) is 0 Å². The lowest BCUT2D eigenvalue weighted by molar-refractivity contribution is 0.598. The standard InChI is InChI=1S/C10H17N3O3S2/c1-7(17(2)14)6-13-9-4-3-8(11)5-10(9)18(12,15)16/h3-5,7,13H,6,11H2,1-2H3,(H2,12,15,16). The zero-order valence-corrected chi connectivity index (χ0v) is 11.8. The van der Waals surface area contributed by atoms with E-state index in [-0.39, 0.29) is 10.1 Å². The minimum atomic E-state index is -3.84. The van der Waals surface area contributed by atoms with Crippen LogP contribution >= 0.6 is 0 Å². The van der Waals surface area contributed by atoms with Crippen LogP contribution in [0, 0.1) is 0 Å². The summed E-state index contributed by atoms with van der Waals surface area (Å²) in [6.45, 7) is 2.19. The number of nitrogen functional groups attached to an aromatic ring is 1. The second kappa shape index (κ2) is 5.68. The quantitative estimate of drug-likeness (QED) is 0.665. The molecule has 2 unspecified atom stereocenters. The summed E-state index contributed by atoms with van der Waals surface area (Å²) in [4.78, 5) is -0.0587. The highest BCUT2D eigenvalue weighted by Gasteiger charge is 2.15. The van der Waals surface area contributed by atoms with Crippen molar-refractivity contribution in [1.29, 1.82) is 0 Å². The van der Waals surface area contributed by atoms with Gasteiger partial charge in [0.15, 0.2) is 0 Å². The first kappa shape index (κ1) is 14.9. The molecule has 0 heterocycles. The highest BCUT2D eigenvalue weighted by atomic mass is 32.2. The summed E-state index contributed by atoms with van der Waals surface area (Å²) in [5.74, 6) is 0. The zero-order chi connectivity index (χ0) is 13.9. The van der Waals surface area contributed by atoms with E-state index in [1.165, 1.54) is 6.07 Å². The van der Waals surface area contributed by atoms with Gasteiger partial charge in [-0.1, -0.05) is 0 Å². The highest BCUT2D eigenvalue weighted by Crippen LogP contribution is 2.22. The Bertz CT molecular complexity index is 557. The van der Waals surface area contributed by atoms with Gasteiger partial charge in [-0.3, -0.25) is 4.21 Å². The van der Waals surface area contributed by atoms with Crippen molar-refractivity contribution in [1.82, 2.24) is 0 Å². The molecule has 18 heavy (non-hydrogen) atoms. The molecule has 1 aromatic carbocycles. The molecule has 8 heteroatoms. The van der Waals surface area contributed by atoms with Crippen molar-refractivity contribution in [3.8, 4) is 0 Å². The number of primary sulfonamides is 1.